The second-order valence-corrected chi connectivity index (χ2v) is 14.9. The van der Waals surface area contributed by atoms with E-state index < -0.39 is 11.9 Å². The number of hydrogen-bond acceptors (Lipinski definition) is 5. The lowest BCUT2D eigenvalue weighted by Gasteiger charge is -2.63. The molecule has 4 fully saturated rings. The highest BCUT2D eigenvalue weighted by Gasteiger charge is 2.71. The third-order valence-electron chi connectivity index (χ3n) is 13.4. The molecule has 0 radical (unpaired) electrons. The van der Waals surface area contributed by atoms with E-state index in [4.69, 9.17) is 9.47 Å². The zero-order chi connectivity index (χ0) is 26.1. The topological polar surface area (TPSA) is 76.0 Å². The molecular weight excluding hydrogens is 452 g/mol. The fourth-order valence-corrected chi connectivity index (χ4v) is 11.0. The molecule has 0 unspecified atom stereocenters. The molecule has 11 atom stereocenters. The highest BCUT2D eigenvalue weighted by molar-refractivity contribution is 5.75. The molecule has 2 N–H and O–H groups in total. The van der Waals surface area contributed by atoms with Crippen LogP contribution in [-0.4, -0.2) is 40.8 Å². The van der Waals surface area contributed by atoms with E-state index in [1.165, 1.54) is 5.57 Å². The molecule has 36 heavy (non-hydrogen) atoms. The quantitative estimate of drug-likeness (QED) is 0.333. The molecule has 6 rings (SSSR count). The van der Waals surface area contributed by atoms with Gasteiger partial charge in [-0.3, -0.25) is 4.79 Å². The Morgan fingerprint density at radius 3 is 2.31 bits per heavy atom. The average Bonchev–Trinajstić information content (AvgIpc) is 3.18. The number of ether oxygens (including phenoxy) is 2. The van der Waals surface area contributed by atoms with Crippen molar-refractivity contribution in [2.75, 3.05) is 6.61 Å². The normalized spacial score (nSPS) is 55.9. The standard InChI is InChI=1S/C31H48O5/c1-17-15-31(19(3)18(2)26(34)36-31)35-16-30-20(17)10-13-29(30,7)21-8-9-23-27(4,5)24(32)11-12-28(23,6)22(21)14-25(30)33/h17-20,23-25,32-33H,8-16H2,1-7H3/t17-,18+,19+,20-,23+,24-,25-,28-,29+,30+,31+/m1/s1. The molecule has 0 aromatic heterocycles. The van der Waals surface area contributed by atoms with E-state index in [0.29, 0.717) is 24.4 Å². The Labute approximate surface area is 217 Å². The largest absolute Gasteiger partial charge is 0.433 e. The minimum absolute atomic E-state index is 0.00897. The van der Waals surface area contributed by atoms with Crippen LogP contribution in [0.1, 0.15) is 99.8 Å². The van der Waals surface area contributed by atoms with Crippen LogP contribution in [0.5, 0.6) is 0 Å². The van der Waals surface area contributed by atoms with Crippen LogP contribution in [0.3, 0.4) is 0 Å². The van der Waals surface area contributed by atoms with Gasteiger partial charge in [0.25, 0.3) is 0 Å². The number of hydrogen-bond donors (Lipinski definition) is 2. The molecule has 2 saturated carbocycles. The van der Waals surface area contributed by atoms with Gasteiger partial charge in [0.1, 0.15) is 0 Å². The summed E-state index contributed by atoms with van der Waals surface area (Å²) in [5, 5.41) is 23.1. The van der Waals surface area contributed by atoms with Crippen molar-refractivity contribution in [2.45, 2.75) is 118 Å². The number of allylic oxidation sites excluding steroid dienone is 1. The number of aliphatic hydroxyl groups is 2. The predicted octanol–water partition coefficient (Wildman–Crippen LogP) is 5.63. The van der Waals surface area contributed by atoms with Crippen molar-refractivity contribution in [3.63, 3.8) is 0 Å². The molecular formula is C31H48O5. The lowest BCUT2D eigenvalue weighted by Crippen LogP contribution is -2.60. The molecule has 0 aromatic rings. The van der Waals surface area contributed by atoms with E-state index in [-0.39, 0.29) is 45.6 Å². The highest BCUT2D eigenvalue weighted by Crippen LogP contribution is 2.73. The number of esters is 1. The van der Waals surface area contributed by atoms with E-state index in [9.17, 15) is 15.0 Å². The van der Waals surface area contributed by atoms with Crippen LogP contribution in [0.4, 0.5) is 0 Å². The summed E-state index contributed by atoms with van der Waals surface area (Å²) in [5.41, 5.74) is 2.55. The van der Waals surface area contributed by atoms with Crippen LogP contribution in [-0.2, 0) is 14.3 Å². The predicted molar refractivity (Wildman–Crippen MR) is 138 cm³/mol. The molecule has 2 spiro atoms. The summed E-state index contributed by atoms with van der Waals surface area (Å²) in [6, 6.07) is 0. The lowest BCUT2D eigenvalue weighted by atomic mass is 9.42. The van der Waals surface area contributed by atoms with Crippen molar-refractivity contribution in [3.8, 4) is 0 Å². The zero-order valence-electron chi connectivity index (χ0n) is 23.5. The zero-order valence-corrected chi connectivity index (χ0v) is 23.5. The van der Waals surface area contributed by atoms with Gasteiger partial charge in [-0.25, -0.2) is 0 Å². The van der Waals surface area contributed by atoms with Gasteiger partial charge >= 0.3 is 5.97 Å². The number of fused-ring (bicyclic) bond motifs is 3. The smallest absolute Gasteiger partial charge is 0.311 e. The Morgan fingerprint density at radius 2 is 1.64 bits per heavy atom. The van der Waals surface area contributed by atoms with Crippen LogP contribution in [0.15, 0.2) is 11.1 Å². The van der Waals surface area contributed by atoms with Gasteiger partial charge in [-0.05, 0) is 78.9 Å². The molecule has 202 valence electrons. The summed E-state index contributed by atoms with van der Waals surface area (Å²) in [4.78, 5) is 12.6. The van der Waals surface area contributed by atoms with Crippen LogP contribution in [0.25, 0.3) is 0 Å². The summed E-state index contributed by atoms with van der Waals surface area (Å²) in [5.74, 6) is -0.0750. The first-order chi connectivity index (χ1) is 16.7. The molecule has 4 aliphatic carbocycles. The number of carbonyl (C=O) groups excluding carboxylic acids is 1. The second kappa shape index (κ2) is 7.60. The van der Waals surface area contributed by atoms with Crippen molar-refractivity contribution >= 4 is 5.97 Å². The molecule has 2 heterocycles. The van der Waals surface area contributed by atoms with Gasteiger partial charge in [-0.1, -0.05) is 59.6 Å². The van der Waals surface area contributed by atoms with E-state index >= 15 is 0 Å². The van der Waals surface area contributed by atoms with Gasteiger partial charge in [0.15, 0.2) is 0 Å². The summed E-state index contributed by atoms with van der Waals surface area (Å²) in [7, 11) is 0. The fourth-order valence-electron chi connectivity index (χ4n) is 11.0. The number of rotatable bonds is 0. The first-order valence-corrected chi connectivity index (χ1v) is 14.7. The first-order valence-electron chi connectivity index (χ1n) is 14.7. The maximum Gasteiger partial charge on any atom is 0.311 e. The first kappa shape index (κ1) is 25.4. The monoisotopic (exact) mass is 500 g/mol. The molecule has 0 bridgehead atoms. The average molecular weight is 501 g/mol. The van der Waals surface area contributed by atoms with Crippen molar-refractivity contribution in [2.24, 2.45) is 51.2 Å². The van der Waals surface area contributed by atoms with E-state index in [0.717, 1.165) is 51.4 Å². The van der Waals surface area contributed by atoms with Crippen LogP contribution >= 0.6 is 0 Å². The number of aliphatic hydroxyl groups excluding tert-OH is 2. The van der Waals surface area contributed by atoms with Crippen molar-refractivity contribution < 1.29 is 24.5 Å². The molecule has 2 saturated heterocycles. The summed E-state index contributed by atoms with van der Waals surface area (Å²) >= 11 is 0. The SMILES string of the molecule is C[C@@H]1C[C@]2(OC[C@]34[C@H](O)CC5=C(CC[C@H]6C(C)(C)[C@H](O)CC[C@]56C)[C@]3(C)CC[C@H]14)OC(=O)[C@@H](C)[C@@H]2C. The highest BCUT2D eigenvalue weighted by atomic mass is 16.7. The molecule has 6 aliphatic rings. The van der Waals surface area contributed by atoms with Gasteiger partial charge in [-0.2, -0.15) is 0 Å². The van der Waals surface area contributed by atoms with Gasteiger partial charge < -0.3 is 19.7 Å². The summed E-state index contributed by atoms with van der Waals surface area (Å²) < 4.78 is 12.8. The van der Waals surface area contributed by atoms with Crippen molar-refractivity contribution in [1.82, 2.24) is 0 Å². The van der Waals surface area contributed by atoms with Gasteiger partial charge in [0.2, 0.25) is 5.79 Å². The maximum atomic E-state index is 12.6. The minimum atomic E-state index is -0.864. The van der Waals surface area contributed by atoms with E-state index in [1.54, 1.807) is 5.57 Å². The Kier molecular flexibility index (Phi) is 5.36. The van der Waals surface area contributed by atoms with Crippen LogP contribution < -0.4 is 0 Å². The molecule has 2 aliphatic heterocycles. The summed E-state index contributed by atoms with van der Waals surface area (Å²) in [6.45, 7) is 16.2. The van der Waals surface area contributed by atoms with Crippen LogP contribution in [0.2, 0.25) is 0 Å². The second-order valence-electron chi connectivity index (χ2n) is 14.9. The van der Waals surface area contributed by atoms with Crippen LogP contribution in [0, 0.1) is 51.2 Å². The summed E-state index contributed by atoms with van der Waals surface area (Å²) in [6.07, 6.45) is 6.90. The molecule has 0 aromatic carbocycles. The lowest BCUT2D eigenvalue weighted by molar-refractivity contribution is -0.248. The number of carbonyl (C=O) groups is 1. The van der Waals surface area contributed by atoms with Crippen molar-refractivity contribution in [3.05, 3.63) is 11.1 Å². The Hall–Kier alpha value is -0.910. The third-order valence-corrected chi connectivity index (χ3v) is 13.4. The Balaban J connectivity index is 1.44. The molecule has 0 amide bonds. The van der Waals surface area contributed by atoms with E-state index in [2.05, 4.69) is 41.5 Å². The minimum Gasteiger partial charge on any atom is -0.433 e. The van der Waals surface area contributed by atoms with E-state index in [1.807, 2.05) is 6.92 Å². The van der Waals surface area contributed by atoms with Gasteiger partial charge in [0, 0.05) is 17.8 Å². The van der Waals surface area contributed by atoms with Gasteiger partial charge in [0.05, 0.1) is 24.7 Å². The molecule has 5 nitrogen and oxygen atoms in total. The van der Waals surface area contributed by atoms with Gasteiger partial charge in [-0.15, -0.1) is 0 Å². The Bertz CT molecular complexity index is 1000. The molecule has 5 heteroatoms. The van der Waals surface area contributed by atoms with Crippen molar-refractivity contribution in [1.29, 1.82) is 0 Å². The maximum absolute atomic E-state index is 12.6. The fraction of sp³-hybridized carbons (Fsp3) is 0.903. The Morgan fingerprint density at radius 1 is 0.917 bits per heavy atom. The third kappa shape index (κ3) is 2.81.